The number of fused-ring (bicyclic) bond motifs is 1. The molecular formula is C24H38N2O2S2. The smallest absolute Gasteiger partial charge is 0.237 e. The van der Waals surface area contributed by atoms with Gasteiger partial charge in [0.05, 0.1) is 5.75 Å². The molecule has 1 aromatic carbocycles. The van der Waals surface area contributed by atoms with Gasteiger partial charge >= 0.3 is 0 Å². The summed E-state index contributed by atoms with van der Waals surface area (Å²) in [5.41, 5.74) is 1.09. The van der Waals surface area contributed by atoms with E-state index in [-0.39, 0.29) is 5.75 Å². The molecule has 0 radical (unpaired) electrons. The molecule has 1 fully saturated rings. The van der Waals surface area contributed by atoms with Crippen molar-refractivity contribution in [1.29, 1.82) is 0 Å². The van der Waals surface area contributed by atoms with Crippen molar-refractivity contribution in [3.8, 4) is 0 Å². The highest BCUT2D eigenvalue weighted by Crippen LogP contribution is 2.40. The van der Waals surface area contributed by atoms with E-state index in [4.69, 9.17) is 0 Å². The number of hydrogen-bond donors (Lipinski definition) is 0. The molecule has 2 aromatic rings. The summed E-state index contributed by atoms with van der Waals surface area (Å²) >= 11 is 1.62. The SMILES string of the molecule is Cc1c(N(CCC2CC2)S(=O)(=O)CCN(CC(C)C)CC(C)C)sc2ccccc12. The Labute approximate surface area is 187 Å². The van der Waals surface area contributed by atoms with Gasteiger partial charge in [-0.15, -0.1) is 11.3 Å². The van der Waals surface area contributed by atoms with Crippen LogP contribution < -0.4 is 4.31 Å². The molecular weight excluding hydrogens is 412 g/mol. The van der Waals surface area contributed by atoms with E-state index in [1.807, 2.05) is 12.1 Å². The molecule has 0 spiro atoms. The maximum Gasteiger partial charge on any atom is 0.237 e. The Kier molecular flexibility index (Phi) is 7.86. The fraction of sp³-hybridized carbons (Fsp3) is 0.667. The van der Waals surface area contributed by atoms with E-state index in [0.717, 1.165) is 34.8 Å². The van der Waals surface area contributed by atoms with Gasteiger partial charge in [-0.3, -0.25) is 4.31 Å². The molecule has 1 aliphatic carbocycles. The summed E-state index contributed by atoms with van der Waals surface area (Å²) in [7, 11) is -3.38. The number of sulfonamides is 1. The van der Waals surface area contributed by atoms with Crippen LogP contribution in [0.15, 0.2) is 24.3 Å². The van der Waals surface area contributed by atoms with E-state index in [1.54, 1.807) is 15.6 Å². The van der Waals surface area contributed by atoms with Crippen LogP contribution in [0.4, 0.5) is 5.00 Å². The molecule has 1 saturated carbocycles. The third-order valence-corrected chi connectivity index (χ3v) is 8.88. The van der Waals surface area contributed by atoms with Gasteiger partial charge in [0.15, 0.2) is 0 Å². The maximum absolute atomic E-state index is 13.6. The van der Waals surface area contributed by atoms with Crippen LogP contribution in [0.25, 0.3) is 10.1 Å². The first kappa shape index (κ1) is 23.6. The Hall–Kier alpha value is -1.11. The highest BCUT2D eigenvalue weighted by molar-refractivity contribution is 7.93. The molecule has 0 N–H and O–H groups in total. The van der Waals surface area contributed by atoms with Crippen molar-refractivity contribution in [2.45, 2.75) is 53.9 Å². The standard InChI is InChI=1S/C24H38N2O2S2/c1-18(2)16-25(17-19(3)4)14-15-30(27,28)26(13-12-21-10-11-21)24-20(5)22-8-6-7-9-23(22)29-24/h6-9,18-19,21H,10-17H2,1-5H3. The zero-order valence-electron chi connectivity index (χ0n) is 19.2. The van der Waals surface area contributed by atoms with Crippen molar-refractivity contribution in [3.63, 3.8) is 0 Å². The summed E-state index contributed by atoms with van der Waals surface area (Å²) in [5.74, 6) is 1.95. The average Bonchev–Trinajstić information content (AvgIpc) is 3.43. The Balaban J connectivity index is 1.82. The average molecular weight is 451 g/mol. The topological polar surface area (TPSA) is 40.6 Å². The van der Waals surface area contributed by atoms with Crippen molar-refractivity contribution in [2.75, 3.05) is 36.2 Å². The minimum Gasteiger partial charge on any atom is -0.302 e. The van der Waals surface area contributed by atoms with Crippen LogP contribution in [0.3, 0.4) is 0 Å². The van der Waals surface area contributed by atoms with Crippen molar-refractivity contribution >= 4 is 36.4 Å². The van der Waals surface area contributed by atoms with E-state index in [9.17, 15) is 8.42 Å². The van der Waals surface area contributed by atoms with Crippen LogP contribution in [0, 0.1) is 24.7 Å². The number of benzene rings is 1. The molecule has 3 rings (SSSR count). The highest BCUT2D eigenvalue weighted by atomic mass is 32.2. The quantitative estimate of drug-likeness (QED) is 0.413. The number of rotatable bonds is 12. The lowest BCUT2D eigenvalue weighted by molar-refractivity contribution is 0.231. The second-order valence-corrected chi connectivity index (χ2v) is 12.7. The number of aryl methyl sites for hydroxylation is 1. The van der Waals surface area contributed by atoms with Crippen molar-refractivity contribution in [1.82, 2.24) is 4.90 Å². The van der Waals surface area contributed by atoms with Gasteiger partial charge in [-0.2, -0.15) is 0 Å². The molecule has 0 atom stereocenters. The van der Waals surface area contributed by atoms with Crippen LogP contribution >= 0.6 is 11.3 Å². The van der Waals surface area contributed by atoms with E-state index in [0.29, 0.717) is 30.8 Å². The van der Waals surface area contributed by atoms with Gasteiger partial charge in [0.1, 0.15) is 5.00 Å². The molecule has 0 bridgehead atoms. The Bertz CT molecular complexity index is 920. The number of thiophene rings is 1. The van der Waals surface area contributed by atoms with Crippen LogP contribution in [0.5, 0.6) is 0 Å². The van der Waals surface area contributed by atoms with E-state index >= 15 is 0 Å². The number of anilines is 1. The summed E-state index contributed by atoms with van der Waals surface area (Å²) in [4.78, 5) is 2.32. The molecule has 30 heavy (non-hydrogen) atoms. The maximum atomic E-state index is 13.6. The Morgan fingerprint density at radius 1 is 1.03 bits per heavy atom. The largest absolute Gasteiger partial charge is 0.302 e. The first-order valence-corrected chi connectivity index (χ1v) is 13.8. The number of hydrogen-bond acceptors (Lipinski definition) is 4. The fourth-order valence-electron chi connectivity index (χ4n) is 4.12. The van der Waals surface area contributed by atoms with Crippen molar-refractivity contribution in [3.05, 3.63) is 29.8 Å². The van der Waals surface area contributed by atoms with Gasteiger partial charge in [0, 0.05) is 30.9 Å². The van der Waals surface area contributed by atoms with Crippen molar-refractivity contribution in [2.24, 2.45) is 17.8 Å². The minimum atomic E-state index is -3.38. The third kappa shape index (κ3) is 6.21. The zero-order chi connectivity index (χ0) is 21.9. The van der Waals surface area contributed by atoms with Crippen molar-refractivity contribution < 1.29 is 8.42 Å². The lowest BCUT2D eigenvalue weighted by Gasteiger charge is -2.28. The molecule has 1 aromatic heterocycles. The highest BCUT2D eigenvalue weighted by Gasteiger charge is 2.30. The monoisotopic (exact) mass is 450 g/mol. The number of nitrogens with zero attached hydrogens (tertiary/aromatic N) is 2. The second kappa shape index (κ2) is 10.0. The summed E-state index contributed by atoms with van der Waals surface area (Å²) in [6.45, 7) is 14.0. The van der Waals surface area contributed by atoms with Gasteiger partial charge in [0.2, 0.25) is 10.0 Å². The van der Waals surface area contributed by atoms with Gasteiger partial charge in [-0.1, -0.05) is 58.7 Å². The zero-order valence-corrected chi connectivity index (χ0v) is 20.9. The van der Waals surface area contributed by atoms with E-state index in [1.165, 1.54) is 18.2 Å². The van der Waals surface area contributed by atoms with Crippen LogP contribution in [-0.2, 0) is 10.0 Å². The lowest BCUT2D eigenvalue weighted by Crippen LogP contribution is -2.40. The summed E-state index contributed by atoms with van der Waals surface area (Å²) < 4.78 is 30.1. The van der Waals surface area contributed by atoms with Crippen LogP contribution in [-0.4, -0.2) is 45.2 Å². The van der Waals surface area contributed by atoms with Crippen LogP contribution in [0.2, 0.25) is 0 Å². The summed E-state index contributed by atoms with van der Waals surface area (Å²) in [6, 6.07) is 8.25. The lowest BCUT2D eigenvalue weighted by atomic mass is 10.1. The summed E-state index contributed by atoms with van der Waals surface area (Å²) in [6.07, 6.45) is 3.46. The molecule has 1 heterocycles. The van der Waals surface area contributed by atoms with Gasteiger partial charge in [0.25, 0.3) is 0 Å². The molecule has 4 nitrogen and oxygen atoms in total. The predicted molar refractivity (Wildman–Crippen MR) is 131 cm³/mol. The molecule has 6 heteroatoms. The first-order valence-electron chi connectivity index (χ1n) is 11.4. The predicted octanol–water partition coefficient (Wildman–Crippen LogP) is 5.76. The molecule has 0 saturated heterocycles. The third-order valence-electron chi connectivity index (χ3n) is 5.73. The fourth-order valence-corrected chi connectivity index (χ4v) is 7.19. The van der Waals surface area contributed by atoms with Crippen LogP contribution in [0.1, 0.15) is 52.5 Å². The van der Waals surface area contributed by atoms with E-state index < -0.39 is 10.0 Å². The normalized spacial score (nSPS) is 15.1. The minimum absolute atomic E-state index is 0.185. The summed E-state index contributed by atoms with van der Waals surface area (Å²) in [5, 5.41) is 2.08. The Morgan fingerprint density at radius 2 is 1.67 bits per heavy atom. The van der Waals surface area contributed by atoms with Gasteiger partial charge in [-0.25, -0.2) is 8.42 Å². The molecule has 168 valence electrons. The molecule has 0 aliphatic heterocycles. The first-order chi connectivity index (χ1) is 14.2. The van der Waals surface area contributed by atoms with Gasteiger partial charge in [-0.05, 0) is 48.1 Å². The molecule has 0 amide bonds. The molecule has 1 aliphatic rings. The van der Waals surface area contributed by atoms with Gasteiger partial charge < -0.3 is 4.90 Å². The second-order valence-electron chi connectivity index (χ2n) is 9.70. The van der Waals surface area contributed by atoms with E-state index in [2.05, 4.69) is 51.7 Å². The Morgan fingerprint density at radius 3 is 2.23 bits per heavy atom. The molecule has 0 unspecified atom stereocenters.